The van der Waals surface area contributed by atoms with Crippen LogP contribution in [0, 0.1) is 11.8 Å². The van der Waals surface area contributed by atoms with Crippen molar-refractivity contribution in [2.45, 2.75) is 57.1 Å². The fourth-order valence-corrected chi connectivity index (χ4v) is 6.85. The standard InChI is InChI=1S/C32H41N3O11/c1-34(2)20-13-17(15-35(9-5-7-22(37)45-3)10-6-8-23(38)46-4)27(39)25-19(20)12-16-11-18-14-21(36)26(31(33)43)30(42)32(18,44)29(41)24(16)28(25)40/h13,16,18,39-40,42,44H,5-12,14-15H2,1-4H3,(H2,33,43). The number of phenols is 1. The van der Waals surface area contributed by atoms with Crippen molar-refractivity contribution in [2.24, 2.45) is 17.6 Å². The predicted molar refractivity (Wildman–Crippen MR) is 163 cm³/mol. The van der Waals surface area contributed by atoms with Crippen LogP contribution in [-0.2, 0) is 46.4 Å². The van der Waals surface area contributed by atoms with E-state index in [-0.39, 0.29) is 61.1 Å². The Hall–Kier alpha value is -4.43. The van der Waals surface area contributed by atoms with Crippen LogP contribution in [0.3, 0.4) is 0 Å². The van der Waals surface area contributed by atoms with Gasteiger partial charge in [-0.25, -0.2) is 0 Å². The molecule has 6 N–H and O–H groups in total. The lowest BCUT2D eigenvalue weighted by Crippen LogP contribution is -2.58. The number of anilines is 1. The summed E-state index contributed by atoms with van der Waals surface area (Å²) in [5.41, 5.74) is 3.16. The lowest BCUT2D eigenvalue weighted by Gasteiger charge is -2.46. The van der Waals surface area contributed by atoms with Gasteiger partial charge in [0.1, 0.15) is 22.8 Å². The molecule has 14 nitrogen and oxygen atoms in total. The molecule has 1 aromatic carbocycles. The Labute approximate surface area is 266 Å². The maximum Gasteiger partial charge on any atom is 0.305 e. The van der Waals surface area contributed by atoms with Gasteiger partial charge in [-0.2, -0.15) is 0 Å². The molecule has 0 aromatic heterocycles. The lowest BCUT2D eigenvalue weighted by atomic mass is 9.59. The molecule has 46 heavy (non-hydrogen) atoms. The average Bonchev–Trinajstić information content (AvgIpc) is 2.99. The van der Waals surface area contributed by atoms with Crippen molar-refractivity contribution in [2.75, 3.05) is 46.3 Å². The summed E-state index contributed by atoms with van der Waals surface area (Å²) >= 11 is 0. The largest absolute Gasteiger partial charge is 0.508 e. The molecule has 3 unspecified atom stereocenters. The van der Waals surface area contributed by atoms with Crippen LogP contribution < -0.4 is 10.6 Å². The third-order valence-electron chi connectivity index (χ3n) is 9.16. The number of ether oxygens (including phenoxy) is 2. The normalized spacial score (nSPS) is 22.3. The molecule has 0 aliphatic heterocycles. The minimum atomic E-state index is -2.65. The molecule has 0 radical (unpaired) electrons. The Morgan fingerprint density at radius 2 is 1.59 bits per heavy atom. The number of esters is 2. The topological polar surface area (TPSA) is 217 Å². The average molecular weight is 644 g/mol. The molecule has 14 heteroatoms. The summed E-state index contributed by atoms with van der Waals surface area (Å²) in [7, 11) is 6.17. The van der Waals surface area contributed by atoms with Gasteiger partial charge in [-0.3, -0.25) is 28.9 Å². The molecule has 0 bridgehead atoms. The van der Waals surface area contributed by atoms with Crippen LogP contribution in [0.2, 0.25) is 0 Å². The zero-order valence-electron chi connectivity index (χ0n) is 26.4. The van der Waals surface area contributed by atoms with Gasteiger partial charge in [-0.15, -0.1) is 0 Å². The van der Waals surface area contributed by atoms with Crippen molar-refractivity contribution < 1.29 is 53.9 Å². The van der Waals surface area contributed by atoms with E-state index >= 15 is 0 Å². The summed E-state index contributed by atoms with van der Waals surface area (Å²) in [6.45, 7) is 0.985. The first-order chi connectivity index (χ1) is 21.7. The molecule has 1 fully saturated rings. The number of fused-ring (bicyclic) bond motifs is 3. The van der Waals surface area contributed by atoms with Crippen LogP contribution in [0.15, 0.2) is 23.0 Å². The number of rotatable bonds is 12. The molecule has 3 aliphatic rings. The summed E-state index contributed by atoms with van der Waals surface area (Å²) in [5, 5.41) is 45.6. The van der Waals surface area contributed by atoms with E-state index in [0.717, 1.165) is 0 Å². The molecule has 4 rings (SSSR count). The first kappa shape index (κ1) is 34.4. The summed E-state index contributed by atoms with van der Waals surface area (Å²) in [6, 6.07) is 1.78. The highest BCUT2D eigenvalue weighted by Crippen LogP contribution is 2.53. The van der Waals surface area contributed by atoms with Crippen LogP contribution in [0.5, 0.6) is 5.75 Å². The van der Waals surface area contributed by atoms with Crippen LogP contribution in [0.25, 0.3) is 5.76 Å². The number of primary amides is 1. The molecule has 3 atom stereocenters. The molecule has 0 heterocycles. The van der Waals surface area contributed by atoms with Crippen molar-refractivity contribution in [3.8, 4) is 5.75 Å². The highest BCUT2D eigenvalue weighted by atomic mass is 16.5. The second-order valence-electron chi connectivity index (χ2n) is 12.2. The van der Waals surface area contributed by atoms with Crippen molar-refractivity contribution in [1.82, 2.24) is 4.90 Å². The number of phenolic OH excluding ortho intramolecular Hbond substituents is 1. The van der Waals surface area contributed by atoms with E-state index in [1.807, 2.05) is 4.90 Å². The summed E-state index contributed by atoms with van der Waals surface area (Å²) in [6.07, 6.45) is 1.02. The molecule has 250 valence electrons. The second kappa shape index (κ2) is 13.5. The van der Waals surface area contributed by atoms with Crippen molar-refractivity contribution >= 4 is 40.9 Å². The van der Waals surface area contributed by atoms with Crippen LogP contribution in [-0.4, -0.2) is 102 Å². The van der Waals surface area contributed by atoms with E-state index in [0.29, 0.717) is 42.7 Å². The Morgan fingerprint density at radius 1 is 1.00 bits per heavy atom. The lowest BCUT2D eigenvalue weighted by molar-refractivity contribution is -0.147. The number of nitrogens with two attached hydrogens (primary N) is 1. The third-order valence-corrected chi connectivity index (χ3v) is 9.16. The van der Waals surface area contributed by atoms with E-state index in [4.69, 9.17) is 15.2 Å². The van der Waals surface area contributed by atoms with Crippen molar-refractivity contribution in [3.05, 3.63) is 39.7 Å². The molecule has 0 spiro atoms. The van der Waals surface area contributed by atoms with Gasteiger partial charge in [-0.1, -0.05) is 0 Å². The van der Waals surface area contributed by atoms with E-state index in [2.05, 4.69) is 0 Å². The van der Waals surface area contributed by atoms with Crippen LogP contribution in [0.4, 0.5) is 5.69 Å². The highest BCUT2D eigenvalue weighted by Gasteiger charge is 2.60. The van der Waals surface area contributed by atoms with Crippen LogP contribution in [0.1, 0.15) is 55.2 Å². The fraction of sp³-hybridized carbons (Fsp3) is 0.531. The maximum absolute atomic E-state index is 13.9. The van der Waals surface area contributed by atoms with Crippen LogP contribution >= 0.6 is 0 Å². The number of carbonyl (C=O) groups excluding carboxylic acids is 5. The van der Waals surface area contributed by atoms with Gasteiger partial charge < -0.3 is 40.5 Å². The van der Waals surface area contributed by atoms with E-state index in [1.165, 1.54) is 14.2 Å². The van der Waals surface area contributed by atoms with Gasteiger partial charge in [0.2, 0.25) is 5.78 Å². The zero-order chi connectivity index (χ0) is 34.1. The molecule has 3 aliphatic carbocycles. The second-order valence-corrected chi connectivity index (χ2v) is 12.2. The highest BCUT2D eigenvalue weighted by molar-refractivity contribution is 6.22. The van der Waals surface area contributed by atoms with Gasteiger partial charge in [0.15, 0.2) is 11.4 Å². The first-order valence-corrected chi connectivity index (χ1v) is 15.1. The SMILES string of the molecule is COC(=O)CCCN(CCCC(=O)OC)Cc1cc(N(C)C)c2c(c1O)C(O)=C1C(=O)C3(O)C(O)=C(C(N)=O)C(=O)CC3CC1C2. The number of aliphatic hydroxyl groups is 3. The summed E-state index contributed by atoms with van der Waals surface area (Å²) in [5.74, 6) is -7.58. The Morgan fingerprint density at radius 3 is 2.11 bits per heavy atom. The van der Waals surface area contributed by atoms with Gasteiger partial charge in [0, 0.05) is 62.6 Å². The number of Topliss-reactive ketones (excluding diaryl/α,β-unsaturated/α-hetero) is 2. The van der Waals surface area contributed by atoms with Gasteiger partial charge in [-0.05, 0) is 56.3 Å². The van der Waals surface area contributed by atoms with Crippen molar-refractivity contribution in [1.29, 1.82) is 0 Å². The molecular weight excluding hydrogens is 602 g/mol. The number of ketones is 2. The van der Waals surface area contributed by atoms with Gasteiger partial charge in [0.25, 0.3) is 5.91 Å². The predicted octanol–water partition coefficient (Wildman–Crippen LogP) is 1.20. The quantitative estimate of drug-likeness (QED) is 0.160. The van der Waals surface area contributed by atoms with Gasteiger partial charge in [0.05, 0.1) is 19.8 Å². The molecule has 0 saturated heterocycles. The first-order valence-electron chi connectivity index (χ1n) is 15.1. The fourth-order valence-electron chi connectivity index (χ4n) is 6.85. The Bertz CT molecular complexity index is 1510. The number of benzene rings is 1. The number of amides is 1. The number of nitrogens with zero attached hydrogens (tertiary/aromatic N) is 2. The monoisotopic (exact) mass is 643 g/mol. The zero-order valence-corrected chi connectivity index (χ0v) is 26.4. The maximum atomic E-state index is 13.9. The molecule has 1 amide bonds. The number of aromatic hydroxyl groups is 1. The number of hydrogen-bond acceptors (Lipinski definition) is 13. The minimum Gasteiger partial charge on any atom is -0.508 e. The smallest absolute Gasteiger partial charge is 0.305 e. The number of carbonyl (C=O) groups is 5. The van der Waals surface area contributed by atoms with Crippen molar-refractivity contribution in [3.63, 3.8) is 0 Å². The van der Waals surface area contributed by atoms with Gasteiger partial charge >= 0.3 is 11.9 Å². The number of aliphatic hydroxyl groups excluding tert-OH is 2. The van der Waals surface area contributed by atoms with E-state index < -0.39 is 58.4 Å². The third kappa shape index (κ3) is 6.18. The number of hydrogen-bond donors (Lipinski definition) is 5. The number of methoxy groups -OCH3 is 2. The van der Waals surface area contributed by atoms with E-state index in [9.17, 15) is 44.4 Å². The Balaban J connectivity index is 1.77. The van der Waals surface area contributed by atoms with E-state index in [1.54, 1.807) is 25.1 Å². The Kier molecular flexibility index (Phi) is 10.1. The summed E-state index contributed by atoms with van der Waals surface area (Å²) < 4.78 is 9.47. The minimum absolute atomic E-state index is 0.00241. The molecule has 1 aromatic rings. The summed E-state index contributed by atoms with van der Waals surface area (Å²) in [4.78, 5) is 65.6. The molecule has 1 saturated carbocycles. The molecular formula is C32H41N3O11.